The molecule has 0 radical (unpaired) electrons. The summed E-state index contributed by atoms with van der Waals surface area (Å²) in [6.07, 6.45) is 98.8. The van der Waals surface area contributed by atoms with Gasteiger partial charge in [0.15, 0.2) is 0 Å². The topological polar surface area (TPSA) is 68.3 Å². The first-order chi connectivity index (χ1) is 47.2. The molecule has 0 aromatic rings. The van der Waals surface area contributed by atoms with E-state index in [9.17, 15) is 9.59 Å². The van der Waals surface area contributed by atoms with E-state index >= 15 is 0 Å². The van der Waals surface area contributed by atoms with Crippen LogP contribution < -0.4 is 0 Å². The molecule has 0 saturated carbocycles. The lowest BCUT2D eigenvalue weighted by Crippen LogP contribution is -2.42. The molecule has 0 aliphatic heterocycles. The summed E-state index contributed by atoms with van der Waals surface area (Å²) in [5, 5.41) is 0. The molecule has 7 heteroatoms. The lowest BCUT2D eigenvalue weighted by atomic mass is 9.72. The quantitative estimate of drug-likeness (QED) is 0.0444. The van der Waals surface area contributed by atoms with E-state index in [4.69, 9.17) is 14.2 Å². The van der Waals surface area contributed by atoms with Gasteiger partial charge in [-0.25, -0.2) is 0 Å². The van der Waals surface area contributed by atoms with Crippen molar-refractivity contribution in [3.05, 3.63) is 97.2 Å². The Balaban J connectivity index is 6.37. The number of rotatable bonds is 77. The summed E-state index contributed by atoms with van der Waals surface area (Å²) in [7, 11) is 8.01. The highest BCUT2D eigenvalue weighted by atomic mass is 16.5. The number of ketones is 2. The van der Waals surface area contributed by atoms with Crippen molar-refractivity contribution in [3.63, 3.8) is 0 Å². The molecule has 0 aliphatic rings. The van der Waals surface area contributed by atoms with Gasteiger partial charge in [-0.05, 0) is 200 Å². The Kier molecular flexibility index (Phi) is 75.4. The van der Waals surface area contributed by atoms with Crippen molar-refractivity contribution in [1.29, 1.82) is 0 Å². The third-order valence-corrected chi connectivity index (χ3v) is 18.8. The number of carbonyl (C=O) groups excluding carboxylic acids is 2. The van der Waals surface area contributed by atoms with Crippen molar-refractivity contribution in [2.24, 2.45) is 17.8 Å². The highest BCUT2D eigenvalue weighted by Crippen LogP contribution is 2.36. The van der Waals surface area contributed by atoms with Gasteiger partial charge >= 0.3 is 0 Å². The number of carbonyl (C=O) groups is 2. The Labute approximate surface area is 599 Å². The summed E-state index contributed by atoms with van der Waals surface area (Å²) in [6.45, 7) is 13.0. The molecule has 0 rings (SSSR count). The minimum Gasteiger partial charge on any atom is -0.381 e. The molecule has 0 saturated heterocycles. The summed E-state index contributed by atoms with van der Waals surface area (Å²) < 4.78 is 20.7. The van der Waals surface area contributed by atoms with Gasteiger partial charge < -0.3 is 24.0 Å². The first-order valence-electron chi connectivity index (χ1n) is 41.5. The van der Waals surface area contributed by atoms with Crippen LogP contribution in [0.15, 0.2) is 97.2 Å². The van der Waals surface area contributed by atoms with Crippen LogP contribution in [0.25, 0.3) is 0 Å². The zero-order valence-corrected chi connectivity index (χ0v) is 65.2. The van der Waals surface area contributed by atoms with Gasteiger partial charge in [-0.3, -0.25) is 9.59 Å². The first-order valence-corrected chi connectivity index (χ1v) is 41.5. The number of nitrogens with zero attached hydrogens (tertiary/aromatic N) is 2. The SMILES string of the molecule is CCCCC/C=C\C/C=C\CCCCCCCCCC(COCCCCCCCC/C=C\C/C=C\CCCCC)C(CC(=O)CN(C)C)C(CC(=O)CN(C)C)C(COCCCCCCCC/C=C\C/C=C\CCCCC)OCCCCCCCC/C=C\C/C=C\CCCCC. The molecule has 0 heterocycles. The van der Waals surface area contributed by atoms with Crippen molar-refractivity contribution >= 4 is 11.6 Å². The van der Waals surface area contributed by atoms with E-state index in [1.54, 1.807) is 0 Å². The number of ether oxygens (including phenoxy) is 3. The maximum absolute atomic E-state index is 14.4. The third kappa shape index (κ3) is 69.5. The van der Waals surface area contributed by atoms with E-state index in [2.05, 4.69) is 125 Å². The molecule has 7 nitrogen and oxygen atoms in total. The van der Waals surface area contributed by atoms with E-state index < -0.39 is 0 Å². The average molecular weight is 1340 g/mol. The average Bonchev–Trinajstić information content (AvgIpc) is 0.854. The molecule has 0 amide bonds. The van der Waals surface area contributed by atoms with E-state index in [0.29, 0.717) is 52.4 Å². The van der Waals surface area contributed by atoms with Crippen molar-refractivity contribution in [2.45, 2.75) is 368 Å². The maximum atomic E-state index is 14.4. The zero-order chi connectivity index (χ0) is 69.8. The predicted octanol–water partition coefficient (Wildman–Crippen LogP) is 26.3. The molecule has 96 heavy (non-hydrogen) atoms. The van der Waals surface area contributed by atoms with E-state index in [-0.39, 0.29) is 35.4 Å². The van der Waals surface area contributed by atoms with Gasteiger partial charge in [0.1, 0.15) is 11.6 Å². The number of hydrogen-bond donors (Lipinski definition) is 0. The minimum atomic E-state index is -0.284. The smallest absolute Gasteiger partial charge is 0.147 e. The van der Waals surface area contributed by atoms with E-state index in [1.807, 2.05) is 38.0 Å². The van der Waals surface area contributed by atoms with E-state index in [0.717, 1.165) is 83.7 Å². The fourth-order valence-electron chi connectivity index (χ4n) is 13.0. The van der Waals surface area contributed by atoms with Crippen LogP contribution >= 0.6 is 0 Å². The maximum Gasteiger partial charge on any atom is 0.147 e. The standard InChI is InChI=1S/C89H162N2O5/c1-9-13-17-21-25-29-33-37-41-45-46-50-54-58-62-66-70-74-84(82-94-75-71-67-63-59-55-51-47-42-38-34-30-26-22-18-14-10-2)87(78-85(92)80-90(5)6)88(79-86(93)81-91(7)8)89(96-77-73-69-65-61-57-53-49-44-40-36-32-28-24-20-16-12-4)83-95-76-72-68-64-60-56-52-48-43-39-35-31-27-23-19-15-11-3/h25-32,37-44,84,87-89H,9-24,33-36,45-83H2,1-8H3/b29-25-,30-26-,31-27-,32-28-,41-37-,42-38-,43-39-,44-40-. The van der Waals surface area contributed by atoms with Crippen LogP contribution in [0.4, 0.5) is 0 Å². The molecular weight excluding hydrogens is 1180 g/mol. The first kappa shape index (κ1) is 93.1. The molecule has 0 bridgehead atoms. The van der Waals surface area contributed by atoms with Crippen molar-refractivity contribution in [1.82, 2.24) is 9.80 Å². The summed E-state index contributed by atoms with van der Waals surface area (Å²) >= 11 is 0. The van der Waals surface area contributed by atoms with E-state index in [1.165, 1.54) is 244 Å². The van der Waals surface area contributed by atoms with Crippen LogP contribution in [0.3, 0.4) is 0 Å². The molecule has 558 valence electrons. The van der Waals surface area contributed by atoms with Crippen molar-refractivity contribution < 1.29 is 23.8 Å². The van der Waals surface area contributed by atoms with Crippen LogP contribution in [0.2, 0.25) is 0 Å². The Morgan fingerprint density at radius 3 is 0.865 bits per heavy atom. The molecule has 0 aromatic carbocycles. The van der Waals surface area contributed by atoms with Gasteiger partial charge in [0.25, 0.3) is 0 Å². The van der Waals surface area contributed by atoms with Gasteiger partial charge in [-0.2, -0.15) is 0 Å². The minimum absolute atomic E-state index is 0.0599. The van der Waals surface area contributed by atoms with Gasteiger partial charge in [-0.1, -0.05) is 292 Å². The molecule has 0 aromatic heterocycles. The lowest BCUT2D eigenvalue weighted by molar-refractivity contribution is -0.130. The molecule has 4 unspecified atom stereocenters. The van der Waals surface area contributed by atoms with Crippen molar-refractivity contribution in [3.8, 4) is 0 Å². The Bertz CT molecular complexity index is 1730. The fraction of sp³-hybridized carbons (Fsp3) is 0.798. The third-order valence-electron chi connectivity index (χ3n) is 18.8. The fourth-order valence-corrected chi connectivity index (χ4v) is 13.0. The number of likely N-dealkylation sites (N-methyl/N-ethyl adjacent to an activating group) is 2. The predicted molar refractivity (Wildman–Crippen MR) is 425 cm³/mol. The van der Waals surface area contributed by atoms with Crippen molar-refractivity contribution in [2.75, 3.05) is 74.3 Å². The summed E-state index contributed by atoms with van der Waals surface area (Å²) in [5.74, 6) is 0.376. The van der Waals surface area contributed by atoms with Gasteiger partial charge in [-0.15, -0.1) is 0 Å². The van der Waals surface area contributed by atoms with Crippen LogP contribution in [-0.2, 0) is 23.8 Å². The molecule has 0 fully saturated rings. The highest BCUT2D eigenvalue weighted by molar-refractivity contribution is 5.82. The van der Waals surface area contributed by atoms with Crippen LogP contribution in [-0.4, -0.2) is 102 Å². The summed E-state index contributed by atoms with van der Waals surface area (Å²) in [4.78, 5) is 32.9. The molecular formula is C89H162N2O5. The monoisotopic (exact) mass is 1340 g/mol. The Morgan fingerprint density at radius 2 is 0.552 bits per heavy atom. The molecule has 0 spiro atoms. The highest BCUT2D eigenvalue weighted by Gasteiger charge is 2.38. The number of Topliss-reactive ketones (excluding diaryl/α,β-unsaturated/α-hetero) is 2. The Hall–Kier alpha value is -2.94. The number of unbranched alkanes of at least 4 members (excludes halogenated alkanes) is 37. The second-order valence-corrected chi connectivity index (χ2v) is 29.1. The lowest BCUT2D eigenvalue weighted by Gasteiger charge is -2.38. The Morgan fingerprint density at radius 1 is 0.292 bits per heavy atom. The summed E-state index contributed by atoms with van der Waals surface area (Å²) in [5.41, 5.74) is 0. The van der Waals surface area contributed by atoms with Crippen LogP contribution in [0.1, 0.15) is 362 Å². The summed E-state index contributed by atoms with van der Waals surface area (Å²) in [6, 6.07) is 0. The number of hydrogen-bond acceptors (Lipinski definition) is 7. The second kappa shape index (κ2) is 77.8. The largest absolute Gasteiger partial charge is 0.381 e. The van der Waals surface area contributed by atoms with Crippen LogP contribution in [0.5, 0.6) is 0 Å². The molecule has 4 atom stereocenters. The molecule has 0 aliphatic carbocycles. The van der Waals surface area contributed by atoms with Gasteiger partial charge in [0.05, 0.1) is 25.8 Å². The molecule has 0 N–H and O–H groups in total. The normalized spacial score (nSPS) is 13.9. The second-order valence-electron chi connectivity index (χ2n) is 29.1. The number of allylic oxidation sites excluding steroid dienone is 16. The van der Waals surface area contributed by atoms with Gasteiger partial charge in [0, 0.05) is 39.3 Å². The zero-order valence-electron chi connectivity index (χ0n) is 65.2. The van der Waals surface area contributed by atoms with Crippen LogP contribution in [0, 0.1) is 17.8 Å². The van der Waals surface area contributed by atoms with Gasteiger partial charge in [0.2, 0.25) is 0 Å².